The molecule has 0 aliphatic carbocycles. The van der Waals surface area contributed by atoms with E-state index in [4.69, 9.17) is 0 Å². The number of carbonyl (C=O) groups is 1. The van der Waals surface area contributed by atoms with Crippen molar-refractivity contribution in [1.29, 1.82) is 0 Å². The van der Waals surface area contributed by atoms with Gasteiger partial charge >= 0.3 is 0 Å². The van der Waals surface area contributed by atoms with Crippen LogP contribution in [0.3, 0.4) is 0 Å². The van der Waals surface area contributed by atoms with Gasteiger partial charge in [0.05, 0.1) is 0 Å². The van der Waals surface area contributed by atoms with Crippen molar-refractivity contribution in [3.05, 3.63) is 34.9 Å². The number of rotatable bonds is 4. The third-order valence-electron chi connectivity index (χ3n) is 2.38. The molecule has 1 aromatic carbocycles. The fraction of sp³-hybridized carbons (Fsp3) is 0.417. The summed E-state index contributed by atoms with van der Waals surface area (Å²) in [4.78, 5) is 11.2. The maximum atomic E-state index is 11.2. The summed E-state index contributed by atoms with van der Waals surface area (Å²) in [6.45, 7) is 4.16. The highest BCUT2D eigenvalue weighted by molar-refractivity contribution is 5.75. The normalized spacial score (nSPS) is 10.1. The monoisotopic (exact) mass is 206 g/mol. The quantitative estimate of drug-likeness (QED) is 0.733. The molecule has 0 saturated heterocycles. The minimum absolute atomic E-state index is 0.0254. The molecule has 2 N–H and O–H groups in total. The molecule has 15 heavy (non-hydrogen) atoms. The van der Waals surface area contributed by atoms with E-state index in [0.717, 1.165) is 6.42 Å². The number of aryl methyl sites for hydroxylation is 3. The number of hydrazine groups is 1. The van der Waals surface area contributed by atoms with E-state index in [9.17, 15) is 4.79 Å². The van der Waals surface area contributed by atoms with Crippen LogP contribution in [0, 0.1) is 13.8 Å². The van der Waals surface area contributed by atoms with Gasteiger partial charge in [0.25, 0.3) is 0 Å². The molecule has 0 aromatic heterocycles. The van der Waals surface area contributed by atoms with Crippen molar-refractivity contribution in [2.45, 2.75) is 26.7 Å². The molecule has 0 radical (unpaired) electrons. The maximum Gasteiger partial charge on any atom is 0.234 e. The molecule has 0 atom stereocenters. The Morgan fingerprint density at radius 2 is 2.07 bits per heavy atom. The van der Waals surface area contributed by atoms with Crippen LogP contribution in [0.15, 0.2) is 18.2 Å². The number of hydrogen-bond donors (Lipinski definition) is 2. The first-order chi connectivity index (χ1) is 7.13. The summed E-state index contributed by atoms with van der Waals surface area (Å²) in [5, 5.41) is 0. The second kappa shape index (κ2) is 5.51. The molecule has 1 aromatic rings. The van der Waals surface area contributed by atoms with E-state index in [1.165, 1.54) is 16.7 Å². The zero-order valence-corrected chi connectivity index (χ0v) is 9.55. The molecule has 3 nitrogen and oxygen atoms in total. The number of hydrogen-bond acceptors (Lipinski definition) is 2. The van der Waals surface area contributed by atoms with Gasteiger partial charge in [0.15, 0.2) is 0 Å². The summed E-state index contributed by atoms with van der Waals surface area (Å²) in [5.41, 5.74) is 8.94. The molecule has 0 heterocycles. The molecule has 0 aliphatic rings. The zero-order valence-electron chi connectivity index (χ0n) is 9.55. The van der Waals surface area contributed by atoms with Gasteiger partial charge in [-0.05, 0) is 31.4 Å². The molecule has 3 heteroatoms. The van der Waals surface area contributed by atoms with E-state index in [1.807, 2.05) is 0 Å². The van der Waals surface area contributed by atoms with Crippen LogP contribution in [0.4, 0.5) is 0 Å². The third kappa shape index (κ3) is 3.72. The van der Waals surface area contributed by atoms with Crippen molar-refractivity contribution in [2.24, 2.45) is 0 Å². The molecule has 82 valence electrons. The van der Waals surface area contributed by atoms with Crippen molar-refractivity contribution in [2.75, 3.05) is 7.05 Å². The molecular weight excluding hydrogens is 188 g/mol. The lowest BCUT2D eigenvalue weighted by Crippen LogP contribution is -2.34. The molecule has 0 fully saturated rings. The predicted octanol–water partition coefficient (Wildman–Crippen LogP) is 1.49. The highest BCUT2D eigenvalue weighted by Crippen LogP contribution is 2.12. The lowest BCUT2D eigenvalue weighted by atomic mass is 10.0. The average Bonchev–Trinajstić information content (AvgIpc) is 2.17. The van der Waals surface area contributed by atoms with Crippen molar-refractivity contribution in [1.82, 2.24) is 10.9 Å². The molecule has 0 spiro atoms. The number of carbonyl (C=O) groups excluding carboxylic acids is 1. The zero-order chi connectivity index (χ0) is 11.3. The largest absolute Gasteiger partial charge is 0.292 e. The van der Waals surface area contributed by atoms with Crippen LogP contribution < -0.4 is 10.9 Å². The van der Waals surface area contributed by atoms with E-state index >= 15 is 0 Å². The lowest BCUT2D eigenvalue weighted by molar-refractivity contribution is -0.121. The van der Waals surface area contributed by atoms with Crippen molar-refractivity contribution < 1.29 is 4.79 Å². The van der Waals surface area contributed by atoms with E-state index in [-0.39, 0.29) is 5.91 Å². The molecule has 0 unspecified atom stereocenters. The van der Waals surface area contributed by atoms with Gasteiger partial charge in [-0.15, -0.1) is 0 Å². The first-order valence-corrected chi connectivity index (χ1v) is 5.15. The van der Waals surface area contributed by atoms with Crippen LogP contribution in [-0.4, -0.2) is 13.0 Å². The Morgan fingerprint density at radius 1 is 1.33 bits per heavy atom. The van der Waals surface area contributed by atoms with E-state index in [0.29, 0.717) is 6.42 Å². The third-order valence-corrected chi connectivity index (χ3v) is 2.38. The van der Waals surface area contributed by atoms with Crippen LogP contribution in [0.25, 0.3) is 0 Å². The van der Waals surface area contributed by atoms with Gasteiger partial charge in [0.2, 0.25) is 5.91 Å². The summed E-state index contributed by atoms with van der Waals surface area (Å²) in [6.07, 6.45) is 1.31. The topological polar surface area (TPSA) is 41.1 Å². The Balaban J connectivity index is 2.54. The smallest absolute Gasteiger partial charge is 0.234 e. The Bertz CT molecular complexity index is 347. The molecule has 0 bridgehead atoms. The number of nitrogens with one attached hydrogen (secondary N) is 2. The predicted molar refractivity (Wildman–Crippen MR) is 61.4 cm³/mol. The molecular formula is C12H18N2O. The average molecular weight is 206 g/mol. The Morgan fingerprint density at radius 3 is 2.67 bits per heavy atom. The number of amides is 1. The maximum absolute atomic E-state index is 11.2. The summed E-state index contributed by atoms with van der Waals surface area (Å²) in [6, 6.07) is 6.32. The molecule has 1 rings (SSSR count). The Kier molecular flexibility index (Phi) is 4.31. The fourth-order valence-electron chi connectivity index (χ4n) is 1.58. The van der Waals surface area contributed by atoms with Crippen LogP contribution in [0.5, 0.6) is 0 Å². The van der Waals surface area contributed by atoms with Crippen LogP contribution >= 0.6 is 0 Å². The van der Waals surface area contributed by atoms with Gasteiger partial charge < -0.3 is 0 Å². The minimum atomic E-state index is 0.0254. The van der Waals surface area contributed by atoms with Crippen LogP contribution in [0.2, 0.25) is 0 Å². The highest BCUT2D eigenvalue weighted by atomic mass is 16.2. The van der Waals surface area contributed by atoms with Crippen molar-refractivity contribution in [3.63, 3.8) is 0 Å². The minimum Gasteiger partial charge on any atom is -0.292 e. The van der Waals surface area contributed by atoms with Crippen LogP contribution in [0.1, 0.15) is 23.1 Å². The number of benzene rings is 1. The van der Waals surface area contributed by atoms with E-state index in [2.05, 4.69) is 42.9 Å². The van der Waals surface area contributed by atoms with Crippen molar-refractivity contribution in [3.8, 4) is 0 Å². The first-order valence-electron chi connectivity index (χ1n) is 5.15. The Labute approximate surface area is 90.9 Å². The van der Waals surface area contributed by atoms with Gasteiger partial charge in [0, 0.05) is 13.5 Å². The molecule has 1 amide bonds. The van der Waals surface area contributed by atoms with E-state index < -0.39 is 0 Å². The SMILES string of the molecule is CNNC(=O)CCc1ccc(C)cc1C. The van der Waals surface area contributed by atoms with Gasteiger partial charge in [-0.25, -0.2) is 5.43 Å². The standard InChI is InChI=1S/C12H18N2O/c1-9-4-5-11(10(2)8-9)6-7-12(15)14-13-3/h4-5,8,13H,6-7H2,1-3H3,(H,14,15). The highest BCUT2D eigenvalue weighted by Gasteiger charge is 2.03. The van der Waals surface area contributed by atoms with Gasteiger partial charge in [-0.1, -0.05) is 23.8 Å². The summed E-state index contributed by atoms with van der Waals surface area (Å²) in [7, 11) is 1.69. The van der Waals surface area contributed by atoms with Crippen molar-refractivity contribution >= 4 is 5.91 Å². The first kappa shape index (κ1) is 11.7. The second-order valence-corrected chi connectivity index (χ2v) is 3.73. The molecule has 0 aliphatic heterocycles. The Hall–Kier alpha value is -1.35. The summed E-state index contributed by atoms with van der Waals surface area (Å²) < 4.78 is 0. The summed E-state index contributed by atoms with van der Waals surface area (Å²) >= 11 is 0. The van der Waals surface area contributed by atoms with Crippen LogP contribution in [-0.2, 0) is 11.2 Å². The second-order valence-electron chi connectivity index (χ2n) is 3.73. The summed E-state index contributed by atoms with van der Waals surface area (Å²) in [5.74, 6) is 0.0254. The van der Waals surface area contributed by atoms with E-state index in [1.54, 1.807) is 7.05 Å². The van der Waals surface area contributed by atoms with Gasteiger partial charge in [-0.2, -0.15) is 0 Å². The molecule has 0 saturated carbocycles. The lowest BCUT2D eigenvalue weighted by Gasteiger charge is -2.07. The fourth-order valence-corrected chi connectivity index (χ4v) is 1.58. The van der Waals surface area contributed by atoms with Gasteiger partial charge in [-0.3, -0.25) is 10.2 Å². The van der Waals surface area contributed by atoms with Gasteiger partial charge in [0.1, 0.15) is 0 Å².